The third-order valence-electron chi connectivity index (χ3n) is 4.41. The van der Waals surface area contributed by atoms with Crippen LogP contribution < -0.4 is 5.32 Å². The normalized spacial score (nSPS) is 10.8. The number of benzene rings is 2. The summed E-state index contributed by atoms with van der Waals surface area (Å²) in [7, 11) is 0. The molecule has 0 aliphatic heterocycles. The molecule has 0 atom stereocenters. The van der Waals surface area contributed by atoms with Crippen molar-refractivity contribution in [3.63, 3.8) is 0 Å². The van der Waals surface area contributed by atoms with Crippen LogP contribution in [-0.2, 0) is 11.3 Å². The van der Waals surface area contributed by atoms with Gasteiger partial charge in [0.1, 0.15) is 0 Å². The molecule has 4 rings (SSSR count). The minimum Gasteiger partial charge on any atom is -0.461 e. The first-order chi connectivity index (χ1) is 15.5. The van der Waals surface area contributed by atoms with Gasteiger partial charge in [-0.3, -0.25) is 19.5 Å². The molecule has 0 aliphatic carbocycles. The Hall–Kier alpha value is -3.63. The summed E-state index contributed by atoms with van der Waals surface area (Å²) < 4.78 is 7.35. The molecule has 0 saturated heterocycles. The molecule has 1 N–H and O–H groups in total. The third-order valence-corrected chi connectivity index (χ3v) is 5.71. The van der Waals surface area contributed by atoms with Gasteiger partial charge in [0.05, 0.1) is 34.2 Å². The quantitative estimate of drug-likeness (QED) is 0.222. The molecule has 162 valence electrons. The van der Waals surface area contributed by atoms with Gasteiger partial charge >= 0.3 is 0 Å². The van der Waals surface area contributed by atoms with Crippen molar-refractivity contribution in [2.24, 2.45) is 0 Å². The SMILES string of the molecule is O=C(CSc1nnc(-c2ccco2)n1Cc1ccccc1)Nc1cc([N+](=O)[O-])ccc1Cl. The van der Waals surface area contributed by atoms with Crippen LogP contribution in [0.2, 0.25) is 5.02 Å². The van der Waals surface area contributed by atoms with E-state index in [9.17, 15) is 14.9 Å². The molecule has 0 saturated carbocycles. The lowest BCUT2D eigenvalue weighted by Crippen LogP contribution is -2.15. The summed E-state index contributed by atoms with van der Waals surface area (Å²) >= 11 is 7.24. The Morgan fingerprint density at radius 1 is 1.16 bits per heavy atom. The molecular formula is C21H16ClN5O4S. The van der Waals surface area contributed by atoms with E-state index >= 15 is 0 Å². The number of furan rings is 1. The van der Waals surface area contributed by atoms with Crippen LogP contribution in [-0.4, -0.2) is 31.3 Å². The number of nitrogens with one attached hydrogen (secondary N) is 1. The highest BCUT2D eigenvalue weighted by Gasteiger charge is 2.18. The first-order valence-electron chi connectivity index (χ1n) is 9.39. The number of carbonyl (C=O) groups is 1. The highest BCUT2D eigenvalue weighted by molar-refractivity contribution is 7.99. The molecule has 9 nitrogen and oxygen atoms in total. The number of amides is 1. The van der Waals surface area contributed by atoms with Crippen molar-refractivity contribution in [2.75, 3.05) is 11.1 Å². The van der Waals surface area contributed by atoms with Gasteiger partial charge in [-0.2, -0.15) is 0 Å². The van der Waals surface area contributed by atoms with Gasteiger partial charge in [-0.25, -0.2) is 0 Å². The van der Waals surface area contributed by atoms with Gasteiger partial charge in [0.15, 0.2) is 10.9 Å². The predicted octanol–water partition coefficient (Wildman–Crippen LogP) is 4.88. The van der Waals surface area contributed by atoms with E-state index in [-0.39, 0.29) is 28.1 Å². The second-order valence-electron chi connectivity index (χ2n) is 6.61. The minimum absolute atomic E-state index is 0.00407. The molecule has 2 aromatic heterocycles. The maximum atomic E-state index is 12.5. The van der Waals surface area contributed by atoms with Gasteiger partial charge in [0.25, 0.3) is 5.69 Å². The van der Waals surface area contributed by atoms with E-state index in [1.54, 1.807) is 18.4 Å². The van der Waals surface area contributed by atoms with Gasteiger partial charge in [-0.1, -0.05) is 53.7 Å². The average Bonchev–Trinajstić information content (AvgIpc) is 3.44. The van der Waals surface area contributed by atoms with Crippen molar-refractivity contribution in [1.82, 2.24) is 14.8 Å². The predicted molar refractivity (Wildman–Crippen MR) is 121 cm³/mol. The number of nitro groups is 1. The van der Waals surface area contributed by atoms with Crippen LogP contribution in [0.4, 0.5) is 11.4 Å². The van der Waals surface area contributed by atoms with Crippen molar-refractivity contribution in [3.05, 3.63) is 87.6 Å². The molecule has 0 unspecified atom stereocenters. The number of hydrogen-bond acceptors (Lipinski definition) is 7. The number of halogens is 1. The van der Waals surface area contributed by atoms with E-state index in [4.69, 9.17) is 16.0 Å². The zero-order valence-corrected chi connectivity index (χ0v) is 18.0. The summed E-state index contributed by atoms with van der Waals surface area (Å²) in [5.74, 6) is 0.729. The van der Waals surface area contributed by atoms with Crippen LogP contribution in [0.3, 0.4) is 0 Å². The lowest BCUT2D eigenvalue weighted by molar-refractivity contribution is -0.384. The van der Waals surface area contributed by atoms with E-state index < -0.39 is 4.92 Å². The van der Waals surface area contributed by atoms with E-state index in [0.717, 1.165) is 5.56 Å². The van der Waals surface area contributed by atoms with Crippen LogP contribution >= 0.6 is 23.4 Å². The van der Waals surface area contributed by atoms with Crippen molar-refractivity contribution in [1.29, 1.82) is 0 Å². The summed E-state index contributed by atoms with van der Waals surface area (Å²) in [4.78, 5) is 22.9. The minimum atomic E-state index is -0.553. The van der Waals surface area contributed by atoms with Crippen LogP contribution in [0.5, 0.6) is 0 Å². The number of nitrogens with zero attached hydrogens (tertiary/aromatic N) is 4. The molecule has 4 aromatic rings. The zero-order valence-electron chi connectivity index (χ0n) is 16.5. The highest BCUT2D eigenvalue weighted by atomic mass is 35.5. The lowest BCUT2D eigenvalue weighted by atomic mass is 10.2. The molecule has 0 spiro atoms. The average molecular weight is 470 g/mol. The zero-order chi connectivity index (χ0) is 22.5. The topological polar surface area (TPSA) is 116 Å². The van der Waals surface area contributed by atoms with Crippen LogP contribution in [0.1, 0.15) is 5.56 Å². The molecule has 1 amide bonds. The van der Waals surface area contributed by atoms with Gasteiger partial charge in [0, 0.05) is 12.1 Å². The fourth-order valence-corrected chi connectivity index (χ4v) is 3.83. The van der Waals surface area contributed by atoms with Gasteiger partial charge < -0.3 is 9.73 Å². The summed E-state index contributed by atoms with van der Waals surface area (Å²) in [6, 6.07) is 17.2. The number of hydrogen-bond donors (Lipinski definition) is 1. The summed E-state index contributed by atoms with van der Waals surface area (Å²) in [6.45, 7) is 0.491. The first-order valence-corrected chi connectivity index (χ1v) is 10.7. The smallest absolute Gasteiger partial charge is 0.271 e. The van der Waals surface area contributed by atoms with E-state index in [1.165, 1.54) is 30.0 Å². The molecule has 2 aromatic carbocycles. The molecule has 32 heavy (non-hydrogen) atoms. The number of carbonyl (C=O) groups excluding carboxylic acids is 1. The number of nitro benzene ring substituents is 1. The number of thioether (sulfide) groups is 1. The molecule has 11 heteroatoms. The van der Waals surface area contributed by atoms with Crippen LogP contribution in [0.25, 0.3) is 11.6 Å². The van der Waals surface area contributed by atoms with Gasteiger partial charge in [0.2, 0.25) is 11.7 Å². The lowest BCUT2D eigenvalue weighted by Gasteiger charge is -2.10. The Morgan fingerprint density at radius 3 is 2.69 bits per heavy atom. The Bertz CT molecular complexity index is 1240. The molecule has 2 heterocycles. The maximum Gasteiger partial charge on any atom is 0.271 e. The van der Waals surface area contributed by atoms with E-state index in [0.29, 0.717) is 23.3 Å². The van der Waals surface area contributed by atoms with Crippen molar-refractivity contribution in [3.8, 4) is 11.6 Å². The molecule has 0 fully saturated rings. The molecular weight excluding hydrogens is 454 g/mol. The van der Waals surface area contributed by atoms with Crippen molar-refractivity contribution >= 4 is 40.6 Å². The summed E-state index contributed by atoms with van der Waals surface area (Å²) in [6.07, 6.45) is 1.56. The second kappa shape index (κ2) is 9.67. The standard InChI is InChI=1S/C21H16ClN5O4S/c22-16-9-8-15(27(29)30)11-17(16)23-19(28)13-32-21-25-24-20(18-7-4-10-31-18)26(21)12-14-5-2-1-3-6-14/h1-11H,12-13H2,(H,23,28). The largest absolute Gasteiger partial charge is 0.461 e. The molecule has 0 aliphatic rings. The third kappa shape index (κ3) is 4.98. The Kier molecular flexibility index (Phi) is 6.52. The fourth-order valence-electron chi connectivity index (χ4n) is 2.93. The summed E-state index contributed by atoms with van der Waals surface area (Å²) in [5.41, 5.74) is 1.05. The van der Waals surface area contributed by atoms with Gasteiger partial charge in [-0.05, 0) is 23.8 Å². The maximum absolute atomic E-state index is 12.5. The fraction of sp³-hybridized carbons (Fsp3) is 0.0952. The number of aromatic nitrogens is 3. The molecule has 0 radical (unpaired) electrons. The van der Waals surface area contributed by atoms with E-state index in [1.807, 2.05) is 34.9 Å². The Labute approximate surface area is 191 Å². The number of non-ortho nitro benzene ring substituents is 1. The number of rotatable bonds is 8. The van der Waals surface area contributed by atoms with Crippen LogP contribution in [0.15, 0.2) is 76.5 Å². The second-order valence-corrected chi connectivity index (χ2v) is 7.96. The van der Waals surface area contributed by atoms with E-state index in [2.05, 4.69) is 15.5 Å². The summed E-state index contributed by atoms with van der Waals surface area (Å²) in [5, 5.41) is 22.8. The molecule has 0 bridgehead atoms. The van der Waals surface area contributed by atoms with Crippen molar-refractivity contribution < 1.29 is 14.1 Å². The highest BCUT2D eigenvalue weighted by Crippen LogP contribution is 2.28. The monoisotopic (exact) mass is 469 g/mol. The van der Waals surface area contributed by atoms with Crippen molar-refractivity contribution in [2.45, 2.75) is 11.7 Å². The Balaban J connectivity index is 1.51. The Morgan fingerprint density at radius 2 is 1.97 bits per heavy atom. The first kappa shape index (κ1) is 21.6. The van der Waals surface area contributed by atoms with Gasteiger partial charge in [-0.15, -0.1) is 10.2 Å². The number of anilines is 1. The van der Waals surface area contributed by atoms with Crippen LogP contribution in [0, 0.1) is 10.1 Å².